The number of sulfonamides is 1. The van der Waals surface area contributed by atoms with Crippen LogP contribution < -0.4 is 4.72 Å². The molecule has 21 heavy (non-hydrogen) atoms. The number of aryl methyl sites for hydroxylation is 1. The zero-order valence-corrected chi connectivity index (χ0v) is 14.3. The number of rotatable bonds is 4. The smallest absolute Gasteiger partial charge is 0.240 e. The number of hydrogen-bond acceptors (Lipinski definition) is 4. The maximum Gasteiger partial charge on any atom is 0.240 e. The van der Waals surface area contributed by atoms with Crippen LogP contribution in [0.25, 0.3) is 0 Å². The lowest BCUT2D eigenvalue weighted by molar-refractivity contribution is 0.578. The van der Waals surface area contributed by atoms with Crippen LogP contribution in [0.3, 0.4) is 0 Å². The first-order valence-electron chi connectivity index (χ1n) is 6.70. The quantitative estimate of drug-likeness (QED) is 0.939. The van der Waals surface area contributed by atoms with Gasteiger partial charge in [0.05, 0.1) is 11.4 Å². The van der Waals surface area contributed by atoms with Crippen LogP contribution in [0.2, 0.25) is 0 Å². The largest absolute Gasteiger partial charge is 0.245 e. The first-order valence-corrected chi connectivity index (χ1v) is 9.06. The molecule has 1 aromatic heterocycles. The summed E-state index contributed by atoms with van der Waals surface area (Å²) in [6, 6.07) is 7.02. The van der Waals surface area contributed by atoms with Crippen molar-refractivity contribution >= 4 is 21.4 Å². The van der Waals surface area contributed by atoms with Gasteiger partial charge < -0.3 is 0 Å². The molecule has 2 rings (SSSR count). The predicted octanol–water partition coefficient (Wildman–Crippen LogP) is 3.23. The van der Waals surface area contributed by atoms with Crippen molar-refractivity contribution in [2.24, 2.45) is 0 Å². The lowest BCUT2D eigenvalue weighted by Gasteiger charge is -2.19. The van der Waals surface area contributed by atoms with Gasteiger partial charge in [-0.3, -0.25) is 0 Å². The first kappa shape index (κ1) is 16.1. The molecular formula is C15H20N2O2S2. The van der Waals surface area contributed by atoms with E-state index in [1.54, 1.807) is 12.1 Å². The third-order valence-corrected chi connectivity index (χ3v) is 5.49. The highest BCUT2D eigenvalue weighted by Gasteiger charge is 2.17. The molecule has 0 radical (unpaired) electrons. The minimum absolute atomic E-state index is 0.00807. The monoisotopic (exact) mass is 324 g/mol. The van der Waals surface area contributed by atoms with Gasteiger partial charge in [-0.15, -0.1) is 11.3 Å². The number of aromatic nitrogens is 1. The Morgan fingerprint density at radius 3 is 2.29 bits per heavy atom. The predicted molar refractivity (Wildman–Crippen MR) is 86.0 cm³/mol. The normalized spacial score (nSPS) is 12.6. The highest BCUT2D eigenvalue weighted by Crippen LogP contribution is 2.23. The van der Waals surface area contributed by atoms with Crippen LogP contribution in [0.4, 0.5) is 0 Å². The topological polar surface area (TPSA) is 59.1 Å². The molecule has 0 unspecified atom stereocenters. The molecule has 0 saturated carbocycles. The van der Waals surface area contributed by atoms with Crippen LogP contribution in [0, 0.1) is 6.92 Å². The zero-order chi connectivity index (χ0) is 15.7. The molecule has 1 aromatic carbocycles. The first-order chi connectivity index (χ1) is 9.68. The van der Waals surface area contributed by atoms with Crippen LogP contribution in [-0.4, -0.2) is 13.4 Å². The summed E-state index contributed by atoms with van der Waals surface area (Å²) in [5, 5.41) is 2.67. The summed E-state index contributed by atoms with van der Waals surface area (Å²) in [4.78, 5) is 4.53. The molecular weight excluding hydrogens is 304 g/mol. The van der Waals surface area contributed by atoms with Crippen LogP contribution in [0.15, 0.2) is 34.5 Å². The van der Waals surface area contributed by atoms with Gasteiger partial charge in [-0.25, -0.2) is 18.1 Å². The Morgan fingerprint density at radius 2 is 1.81 bits per heavy atom. The number of nitrogens with zero attached hydrogens (tertiary/aromatic N) is 1. The Morgan fingerprint density at radius 1 is 1.19 bits per heavy atom. The fourth-order valence-electron chi connectivity index (χ4n) is 1.86. The molecule has 0 atom stereocenters. The third kappa shape index (κ3) is 4.12. The van der Waals surface area contributed by atoms with E-state index in [-0.39, 0.29) is 16.9 Å². The Balaban J connectivity index is 2.12. The summed E-state index contributed by atoms with van der Waals surface area (Å²) >= 11 is 1.45. The van der Waals surface area contributed by atoms with E-state index >= 15 is 0 Å². The highest BCUT2D eigenvalue weighted by molar-refractivity contribution is 7.89. The number of thiazole rings is 1. The molecule has 0 saturated heterocycles. The molecule has 0 fully saturated rings. The Kier molecular flexibility index (Phi) is 4.51. The molecule has 0 bridgehead atoms. The lowest BCUT2D eigenvalue weighted by atomic mass is 9.87. The molecule has 6 heteroatoms. The lowest BCUT2D eigenvalue weighted by Crippen LogP contribution is -2.23. The SMILES string of the molecule is Cc1csc(CNS(=O)(=O)c2ccc(C(C)(C)C)cc2)n1. The second kappa shape index (κ2) is 5.87. The molecule has 0 spiro atoms. The Hall–Kier alpha value is -1.24. The number of hydrogen-bond donors (Lipinski definition) is 1. The molecule has 1 heterocycles. The minimum atomic E-state index is -3.49. The number of nitrogens with one attached hydrogen (secondary N) is 1. The molecule has 0 amide bonds. The van der Waals surface area contributed by atoms with E-state index in [1.165, 1.54) is 11.3 Å². The zero-order valence-electron chi connectivity index (χ0n) is 12.7. The van der Waals surface area contributed by atoms with E-state index in [2.05, 4.69) is 30.5 Å². The van der Waals surface area contributed by atoms with E-state index in [9.17, 15) is 8.42 Å². The average Bonchev–Trinajstić information content (AvgIpc) is 2.82. The summed E-state index contributed by atoms with van der Waals surface area (Å²) in [6.07, 6.45) is 0. The second-order valence-corrected chi connectivity index (χ2v) is 8.69. The minimum Gasteiger partial charge on any atom is -0.245 e. The van der Waals surface area contributed by atoms with Crippen molar-refractivity contribution in [2.75, 3.05) is 0 Å². The van der Waals surface area contributed by atoms with Crippen LogP contribution in [0.1, 0.15) is 37.0 Å². The summed E-state index contributed by atoms with van der Waals surface area (Å²) in [7, 11) is -3.49. The summed E-state index contributed by atoms with van der Waals surface area (Å²) < 4.78 is 27.1. The molecule has 1 N–H and O–H groups in total. The molecule has 2 aromatic rings. The summed E-state index contributed by atoms with van der Waals surface area (Å²) in [5.41, 5.74) is 2.02. The third-order valence-electron chi connectivity index (χ3n) is 3.11. The van der Waals surface area contributed by atoms with Gasteiger partial charge in [0.2, 0.25) is 10.0 Å². The van der Waals surface area contributed by atoms with Crippen LogP contribution in [0.5, 0.6) is 0 Å². The molecule has 0 aliphatic heterocycles. The second-order valence-electron chi connectivity index (χ2n) is 5.98. The van der Waals surface area contributed by atoms with Crippen molar-refractivity contribution in [3.63, 3.8) is 0 Å². The molecule has 0 aliphatic rings. The van der Waals surface area contributed by atoms with Gasteiger partial charge in [0.25, 0.3) is 0 Å². The van der Waals surface area contributed by atoms with E-state index in [0.29, 0.717) is 0 Å². The van der Waals surface area contributed by atoms with Gasteiger partial charge in [0.1, 0.15) is 5.01 Å². The van der Waals surface area contributed by atoms with Crippen molar-refractivity contribution in [2.45, 2.75) is 44.6 Å². The van der Waals surface area contributed by atoms with Gasteiger partial charge in [-0.1, -0.05) is 32.9 Å². The van der Waals surface area contributed by atoms with Crippen LogP contribution in [-0.2, 0) is 22.0 Å². The van der Waals surface area contributed by atoms with Crippen molar-refractivity contribution in [3.8, 4) is 0 Å². The van der Waals surface area contributed by atoms with Crippen molar-refractivity contribution in [3.05, 3.63) is 45.9 Å². The van der Waals surface area contributed by atoms with Gasteiger partial charge in [-0.2, -0.15) is 0 Å². The highest BCUT2D eigenvalue weighted by atomic mass is 32.2. The van der Waals surface area contributed by atoms with Crippen molar-refractivity contribution < 1.29 is 8.42 Å². The van der Waals surface area contributed by atoms with E-state index in [4.69, 9.17) is 0 Å². The maximum atomic E-state index is 12.2. The van der Waals surface area contributed by atoms with E-state index in [0.717, 1.165) is 16.3 Å². The molecule has 0 aliphatic carbocycles. The van der Waals surface area contributed by atoms with E-state index in [1.807, 2.05) is 24.4 Å². The average molecular weight is 324 g/mol. The Labute approximate surface area is 130 Å². The molecule has 114 valence electrons. The van der Waals surface area contributed by atoms with Crippen molar-refractivity contribution in [1.82, 2.24) is 9.71 Å². The maximum absolute atomic E-state index is 12.2. The Bertz CT molecular complexity index is 711. The van der Waals surface area contributed by atoms with Gasteiger partial charge in [0.15, 0.2) is 0 Å². The van der Waals surface area contributed by atoms with Gasteiger partial charge >= 0.3 is 0 Å². The van der Waals surface area contributed by atoms with Crippen molar-refractivity contribution in [1.29, 1.82) is 0 Å². The van der Waals surface area contributed by atoms with Gasteiger partial charge in [-0.05, 0) is 30.0 Å². The van der Waals surface area contributed by atoms with E-state index < -0.39 is 10.0 Å². The van der Waals surface area contributed by atoms with Gasteiger partial charge in [0, 0.05) is 11.1 Å². The summed E-state index contributed by atoms with van der Waals surface area (Å²) in [5.74, 6) is 0. The fraction of sp³-hybridized carbons (Fsp3) is 0.400. The van der Waals surface area contributed by atoms with Crippen LogP contribution >= 0.6 is 11.3 Å². The number of benzene rings is 1. The fourth-order valence-corrected chi connectivity index (χ4v) is 3.65. The standard InChI is InChI=1S/C15H20N2O2S2/c1-11-10-20-14(17-11)9-16-21(18,19)13-7-5-12(6-8-13)15(2,3)4/h5-8,10,16H,9H2,1-4H3. The summed E-state index contributed by atoms with van der Waals surface area (Å²) in [6.45, 7) is 8.40. The molecule has 4 nitrogen and oxygen atoms in total.